The number of aromatic nitrogens is 2. The monoisotopic (exact) mass is 215 g/mol. The van der Waals surface area contributed by atoms with Crippen molar-refractivity contribution in [2.75, 3.05) is 7.05 Å². The van der Waals surface area contributed by atoms with Crippen LogP contribution in [0.15, 0.2) is 30.5 Å². The standard InChI is InChI=1S/C13H17N3/c1-10-5-4-6-11(7-10)12-8-15-16(3)13(12)9-14-2/h4-8,14H,9H2,1-3H3. The van der Waals surface area contributed by atoms with E-state index in [1.54, 1.807) is 0 Å². The molecule has 1 N–H and O–H groups in total. The fourth-order valence-electron chi connectivity index (χ4n) is 1.89. The van der Waals surface area contributed by atoms with Gasteiger partial charge in [-0.3, -0.25) is 4.68 Å². The van der Waals surface area contributed by atoms with Crippen LogP contribution in [0.1, 0.15) is 11.3 Å². The summed E-state index contributed by atoms with van der Waals surface area (Å²) in [6.45, 7) is 2.94. The molecule has 0 aliphatic heterocycles. The van der Waals surface area contributed by atoms with E-state index < -0.39 is 0 Å². The van der Waals surface area contributed by atoms with Crippen LogP contribution in [0.4, 0.5) is 0 Å². The second kappa shape index (κ2) is 4.49. The molecule has 0 saturated carbocycles. The van der Waals surface area contributed by atoms with Crippen LogP contribution in [0.25, 0.3) is 11.1 Å². The number of rotatable bonds is 3. The van der Waals surface area contributed by atoms with Gasteiger partial charge < -0.3 is 5.32 Å². The minimum Gasteiger partial charge on any atom is -0.314 e. The van der Waals surface area contributed by atoms with Crippen molar-refractivity contribution in [1.29, 1.82) is 0 Å². The molecule has 2 rings (SSSR count). The van der Waals surface area contributed by atoms with Gasteiger partial charge in [0, 0.05) is 19.2 Å². The molecule has 16 heavy (non-hydrogen) atoms. The fraction of sp³-hybridized carbons (Fsp3) is 0.308. The summed E-state index contributed by atoms with van der Waals surface area (Å²) < 4.78 is 1.92. The highest BCUT2D eigenvalue weighted by Gasteiger charge is 2.09. The van der Waals surface area contributed by atoms with Gasteiger partial charge in [0.05, 0.1) is 11.9 Å². The second-order valence-corrected chi connectivity index (χ2v) is 4.03. The molecule has 1 aromatic carbocycles. The van der Waals surface area contributed by atoms with Gasteiger partial charge in [-0.2, -0.15) is 5.10 Å². The molecular formula is C13H17N3. The van der Waals surface area contributed by atoms with Crippen LogP contribution < -0.4 is 5.32 Å². The van der Waals surface area contributed by atoms with Crippen molar-refractivity contribution in [2.24, 2.45) is 7.05 Å². The molecule has 0 fully saturated rings. The Labute approximate surface area is 96.1 Å². The summed E-state index contributed by atoms with van der Waals surface area (Å²) in [5, 5.41) is 7.49. The lowest BCUT2D eigenvalue weighted by Crippen LogP contribution is -2.10. The molecule has 3 nitrogen and oxygen atoms in total. The SMILES string of the molecule is CNCc1c(-c2cccc(C)c2)cnn1C. The molecular weight excluding hydrogens is 198 g/mol. The van der Waals surface area contributed by atoms with E-state index in [1.165, 1.54) is 22.4 Å². The average Bonchev–Trinajstić information content (AvgIpc) is 2.61. The van der Waals surface area contributed by atoms with E-state index in [4.69, 9.17) is 0 Å². The van der Waals surface area contributed by atoms with Gasteiger partial charge in [-0.05, 0) is 19.5 Å². The van der Waals surface area contributed by atoms with Crippen molar-refractivity contribution in [3.63, 3.8) is 0 Å². The minimum absolute atomic E-state index is 0.833. The molecule has 0 saturated heterocycles. The number of aryl methyl sites for hydroxylation is 2. The van der Waals surface area contributed by atoms with Crippen LogP contribution in [0.3, 0.4) is 0 Å². The lowest BCUT2D eigenvalue weighted by Gasteiger charge is -2.06. The first-order chi connectivity index (χ1) is 7.72. The Morgan fingerprint density at radius 1 is 1.38 bits per heavy atom. The number of nitrogens with zero attached hydrogens (tertiary/aromatic N) is 2. The van der Waals surface area contributed by atoms with E-state index >= 15 is 0 Å². The van der Waals surface area contributed by atoms with Crippen molar-refractivity contribution < 1.29 is 0 Å². The highest BCUT2D eigenvalue weighted by Crippen LogP contribution is 2.23. The topological polar surface area (TPSA) is 29.9 Å². The maximum absolute atomic E-state index is 4.32. The van der Waals surface area contributed by atoms with Gasteiger partial charge in [0.15, 0.2) is 0 Å². The predicted octanol–water partition coefficient (Wildman–Crippen LogP) is 2.11. The first-order valence-corrected chi connectivity index (χ1v) is 5.45. The Hall–Kier alpha value is -1.61. The van der Waals surface area contributed by atoms with E-state index in [1.807, 2.05) is 25.0 Å². The molecule has 0 radical (unpaired) electrons. The highest BCUT2D eigenvalue weighted by atomic mass is 15.3. The number of hydrogen-bond acceptors (Lipinski definition) is 2. The molecule has 3 heteroatoms. The Kier molecular flexibility index (Phi) is 3.06. The van der Waals surface area contributed by atoms with Gasteiger partial charge in [0.2, 0.25) is 0 Å². The molecule has 0 aliphatic rings. The molecule has 0 bridgehead atoms. The molecule has 0 atom stereocenters. The Bertz CT molecular complexity index is 486. The van der Waals surface area contributed by atoms with Gasteiger partial charge in [-0.15, -0.1) is 0 Å². The quantitative estimate of drug-likeness (QED) is 0.850. The lowest BCUT2D eigenvalue weighted by atomic mass is 10.0. The molecule has 0 unspecified atom stereocenters. The molecule has 84 valence electrons. The summed E-state index contributed by atoms with van der Waals surface area (Å²) in [5.74, 6) is 0. The molecule has 2 aromatic rings. The van der Waals surface area contributed by atoms with Gasteiger partial charge in [0.25, 0.3) is 0 Å². The van der Waals surface area contributed by atoms with Crippen LogP contribution in [0.5, 0.6) is 0 Å². The molecule has 1 aromatic heterocycles. The van der Waals surface area contributed by atoms with E-state index in [0.29, 0.717) is 0 Å². The molecule has 0 spiro atoms. The smallest absolute Gasteiger partial charge is 0.0597 e. The molecule has 1 heterocycles. The largest absolute Gasteiger partial charge is 0.314 e. The van der Waals surface area contributed by atoms with Crippen molar-refractivity contribution in [1.82, 2.24) is 15.1 Å². The highest BCUT2D eigenvalue weighted by molar-refractivity contribution is 5.66. The molecule has 0 amide bonds. The van der Waals surface area contributed by atoms with Crippen LogP contribution in [-0.2, 0) is 13.6 Å². The van der Waals surface area contributed by atoms with Gasteiger partial charge >= 0.3 is 0 Å². The number of hydrogen-bond donors (Lipinski definition) is 1. The van der Waals surface area contributed by atoms with Crippen LogP contribution in [-0.4, -0.2) is 16.8 Å². The maximum Gasteiger partial charge on any atom is 0.0597 e. The van der Waals surface area contributed by atoms with Gasteiger partial charge in [0.1, 0.15) is 0 Å². The predicted molar refractivity (Wildman–Crippen MR) is 66.1 cm³/mol. The summed E-state index contributed by atoms with van der Waals surface area (Å²) in [6, 6.07) is 8.51. The zero-order valence-electron chi connectivity index (χ0n) is 9.99. The minimum atomic E-state index is 0.833. The van der Waals surface area contributed by atoms with E-state index in [-0.39, 0.29) is 0 Å². The first-order valence-electron chi connectivity index (χ1n) is 5.45. The van der Waals surface area contributed by atoms with E-state index in [0.717, 1.165) is 6.54 Å². The normalized spacial score (nSPS) is 10.7. The third-order valence-corrected chi connectivity index (χ3v) is 2.73. The Balaban J connectivity index is 2.47. The van der Waals surface area contributed by atoms with Crippen molar-refractivity contribution >= 4 is 0 Å². The van der Waals surface area contributed by atoms with Crippen molar-refractivity contribution in [2.45, 2.75) is 13.5 Å². The molecule has 0 aliphatic carbocycles. The Morgan fingerprint density at radius 3 is 2.88 bits per heavy atom. The number of benzene rings is 1. The zero-order valence-corrected chi connectivity index (χ0v) is 9.99. The lowest BCUT2D eigenvalue weighted by molar-refractivity contribution is 0.673. The van der Waals surface area contributed by atoms with Gasteiger partial charge in [-0.1, -0.05) is 29.8 Å². The van der Waals surface area contributed by atoms with E-state index in [9.17, 15) is 0 Å². The van der Waals surface area contributed by atoms with Crippen LogP contribution in [0, 0.1) is 6.92 Å². The Morgan fingerprint density at radius 2 is 2.19 bits per heavy atom. The van der Waals surface area contributed by atoms with E-state index in [2.05, 4.69) is 41.6 Å². The summed E-state index contributed by atoms with van der Waals surface area (Å²) in [4.78, 5) is 0. The summed E-state index contributed by atoms with van der Waals surface area (Å²) in [7, 11) is 3.93. The van der Waals surface area contributed by atoms with Crippen molar-refractivity contribution in [3.8, 4) is 11.1 Å². The van der Waals surface area contributed by atoms with Crippen molar-refractivity contribution in [3.05, 3.63) is 41.7 Å². The van der Waals surface area contributed by atoms with Gasteiger partial charge in [-0.25, -0.2) is 0 Å². The summed E-state index contributed by atoms with van der Waals surface area (Å²) in [5.41, 5.74) is 4.93. The second-order valence-electron chi connectivity index (χ2n) is 4.03. The van der Waals surface area contributed by atoms with Crippen LogP contribution >= 0.6 is 0 Å². The third kappa shape index (κ3) is 1.99. The maximum atomic E-state index is 4.32. The summed E-state index contributed by atoms with van der Waals surface area (Å²) in [6.07, 6.45) is 1.93. The number of nitrogens with one attached hydrogen (secondary N) is 1. The third-order valence-electron chi connectivity index (χ3n) is 2.73. The fourth-order valence-corrected chi connectivity index (χ4v) is 1.89. The first kappa shape index (κ1) is 10.9. The zero-order chi connectivity index (χ0) is 11.5. The average molecular weight is 215 g/mol. The van der Waals surface area contributed by atoms with Crippen LogP contribution in [0.2, 0.25) is 0 Å². The summed E-state index contributed by atoms with van der Waals surface area (Å²) >= 11 is 0.